The van der Waals surface area contributed by atoms with Crippen molar-refractivity contribution in [3.8, 4) is 5.75 Å². The lowest BCUT2D eigenvalue weighted by molar-refractivity contribution is 0.386. The summed E-state index contributed by atoms with van der Waals surface area (Å²) in [5, 5.41) is 3.56. The SMILES string of the molecule is CCCC1CN(c2ccc(OC)c(F)c2)CCCN1. The van der Waals surface area contributed by atoms with E-state index in [1.54, 1.807) is 12.1 Å². The summed E-state index contributed by atoms with van der Waals surface area (Å²) in [6, 6.07) is 5.72. The lowest BCUT2D eigenvalue weighted by atomic mass is 10.1. The van der Waals surface area contributed by atoms with Crippen LogP contribution in [-0.2, 0) is 0 Å². The second kappa shape index (κ2) is 6.75. The molecule has 1 aromatic carbocycles. The number of hydrogen-bond acceptors (Lipinski definition) is 3. The summed E-state index contributed by atoms with van der Waals surface area (Å²) in [6.07, 6.45) is 3.42. The first-order valence-electron chi connectivity index (χ1n) is 7.06. The van der Waals surface area contributed by atoms with Crippen LogP contribution in [0.25, 0.3) is 0 Å². The molecule has 1 atom stereocenters. The summed E-state index contributed by atoms with van der Waals surface area (Å²) >= 11 is 0. The van der Waals surface area contributed by atoms with Crippen LogP contribution in [0.5, 0.6) is 5.75 Å². The molecule has 1 saturated heterocycles. The van der Waals surface area contributed by atoms with Gasteiger partial charge in [0.15, 0.2) is 11.6 Å². The van der Waals surface area contributed by atoms with Crippen LogP contribution in [0, 0.1) is 5.82 Å². The van der Waals surface area contributed by atoms with E-state index in [-0.39, 0.29) is 5.82 Å². The highest BCUT2D eigenvalue weighted by atomic mass is 19.1. The van der Waals surface area contributed by atoms with E-state index in [1.807, 2.05) is 6.07 Å². The lowest BCUT2D eigenvalue weighted by Crippen LogP contribution is -2.37. The van der Waals surface area contributed by atoms with Gasteiger partial charge < -0.3 is 15.0 Å². The highest BCUT2D eigenvalue weighted by Crippen LogP contribution is 2.24. The zero-order valence-corrected chi connectivity index (χ0v) is 11.8. The number of hydrogen-bond donors (Lipinski definition) is 1. The Morgan fingerprint density at radius 3 is 3.00 bits per heavy atom. The molecule has 0 spiro atoms. The molecule has 0 radical (unpaired) electrons. The van der Waals surface area contributed by atoms with Gasteiger partial charge in [-0.1, -0.05) is 13.3 Å². The van der Waals surface area contributed by atoms with E-state index in [4.69, 9.17) is 4.74 Å². The average molecular weight is 266 g/mol. The molecule has 1 aromatic rings. The van der Waals surface area contributed by atoms with Crippen molar-refractivity contribution in [2.24, 2.45) is 0 Å². The van der Waals surface area contributed by atoms with Gasteiger partial charge in [0.05, 0.1) is 7.11 Å². The number of methoxy groups -OCH3 is 1. The quantitative estimate of drug-likeness (QED) is 0.907. The molecule has 19 heavy (non-hydrogen) atoms. The number of benzene rings is 1. The minimum absolute atomic E-state index is 0.288. The fourth-order valence-corrected chi connectivity index (χ4v) is 2.63. The Morgan fingerprint density at radius 1 is 1.47 bits per heavy atom. The van der Waals surface area contributed by atoms with Crippen LogP contribution >= 0.6 is 0 Å². The van der Waals surface area contributed by atoms with Crippen LogP contribution in [0.15, 0.2) is 18.2 Å². The van der Waals surface area contributed by atoms with E-state index in [0.717, 1.165) is 38.2 Å². The van der Waals surface area contributed by atoms with E-state index < -0.39 is 0 Å². The van der Waals surface area contributed by atoms with Crippen molar-refractivity contribution in [2.75, 3.05) is 31.6 Å². The minimum Gasteiger partial charge on any atom is -0.494 e. The third-order valence-electron chi connectivity index (χ3n) is 3.62. The topological polar surface area (TPSA) is 24.5 Å². The van der Waals surface area contributed by atoms with Crippen LogP contribution < -0.4 is 15.0 Å². The summed E-state index contributed by atoms with van der Waals surface area (Å²) in [4.78, 5) is 2.27. The standard InChI is InChI=1S/C15H23FN2O/c1-3-5-12-11-18(9-4-8-17-12)13-6-7-15(19-2)14(16)10-13/h6-7,10,12,17H,3-5,8-9,11H2,1-2H3. The summed E-state index contributed by atoms with van der Waals surface area (Å²) < 4.78 is 18.8. The fraction of sp³-hybridized carbons (Fsp3) is 0.600. The Kier molecular flexibility index (Phi) is 5.02. The predicted octanol–water partition coefficient (Wildman–Crippen LogP) is 2.80. The molecule has 106 valence electrons. The van der Waals surface area contributed by atoms with Crippen LogP contribution in [0.1, 0.15) is 26.2 Å². The van der Waals surface area contributed by atoms with Gasteiger partial charge in [-0.25, -0.2) is 4.39 Å². The average Bonchev–Trinajstić information content (AvgIpc) is 2.65. The van der Waals surface area contributed by atoms with Gasteiger partial charge >= 0.3 is 0 Å². The monoisotopic (exact) mass is 266 g/mol. The molecule has 1 unspecified atom stereocenters. The molecule has 1 aliphatic heterocycles. The van der Waals surface area contributed by atoms with Gasteiger partial charge in [0.1, 0.15) is 0 Å². The highest BCUT2D eigenvalue weighted by molar-refractivity contribution is 5.50. The Bertz CT molecular complexity index is 411. The van der Waals surface area contributed by atoms with Gasteiger partial charge in [0.25, 0.3) is 0 Å². The largest absolute Gasteiger partial charge is 0.494 e. The summed E-state index contributed by atoms with van der Waals surface area (Å²) in [5.41, 5.74) is 0.947. The van der Waals surface area contributed by atoms with Crippen molar-refractivity contribution in [1.82, 2.24) is 5.32 Å². The van der Waals surface area contributed by atoms with Crippen molar-refractivity contribution in [3.05, 3.63) is 24.0 Å². The molecule has 2 rings (SSSR count). The normalized spacial score (nSPS) is 20.2. The number of nitrogens with zero attached hydrogens (tertiary/aromatic N) is 1. The third kappa shape index (κ3) is 3.60. The Balaban J connectivity index is 2.12. The first kappa shape index (κ1) is 14.1. The molecule has 0 bridgehead atoms. The molecular weight excluding hydrogens is 243 g/mol. The van der Waals surface area contributed by atoms with Crippen LogP contribution in [0.3, 0.4) is 0 Å². The number of ether oxygens (including phenoxy) is 1. The van der Waals surface area contributed by atoms with Crippen LogP contribution in [-0.4, -0.2) is 32.8 Å². The van der Waals surface area contributed by atoms with E-state index >= 15 is 0 Å². The van der Waals surface area contributed by atoms with Crippen molar-refractivity contribution in [1.29, 1.82) is 0 Å². The minimum atomic E-state index is -0.288. The maximum atomic E-state index is 13.8. The zero-order valence-electron chi connectivity index (χ0n) is 11.8. The fourth-order valence-electron chi connectivity index (χ4n) is 2.63. The second-order valence-electron chi connectivity index (χ2n) is 5.06. The number of rotatable bonds is 4. The van der Waals surface area contributed by atoms with Crippen molar-refractivity contribution < 1.29 is 9.13 Å². The molecule has 3 nitrogen and oxygen atoms in total. The number of nitrogens with one attached hydrogen (secondary N) is 1. The third-order valence-corrected chi connectivity index (χ3v) is 3.62. The van der Waals surface area contributed by atoms with Crippen molar-refractivity contribution in [3.63, 3.8) is 0 Å². The van der Waals surface area contributed by atoms with Gasteiger partial charge in [0.2, 0.25) is 0 Å². The second-order valence-corrected chi connectivity index (χ2v) is 5.06. The Labute approximate surface area is 114 Å². The van der Waals surface area contributed by atoms with Gasteiger partial charge in [-0.05, 0) is 31.5 Å². The molecular formula is C15H23FN2O. The Morgan fingerprint density at radius 2 is 2.32 bits per heavy atom. The summed E-state index contributed by atoms with van der Waals surface area (Å²) in [5.74, 6) is 0.0195. The number of halogens is 1. The predicted molar refractivity (Wildman–Crippen MR) is 76.5 cm³/mol. The van der Waals surface area contributed by atoms with Gasteiger partial charge in [-0.15, -0.1) is 0 Å². The summed E-state index contributed by atoms with van der Waals surface area (Å²) in [6.45, 7) is 5.16. The molecule has 0 aliphatic carbocycles. The highest BCUT2D eigenvalue weighted by Gasteiger charge is 2.18. The first-order chi connectivity index (χ1) is 9.24. The number of anilines is 1. The molecule has 1 aliphatic rings. The van der Waals surface area contributed by atoms with Crippen molar-refractivity contribution in [2.45, 2.75) is 32.2 Å². The van der Waals surface area contributed by atoms with E-state index in [0.29, 0.717) is 11.8 Å². The molecule has 1 N–H and O–H groups in total. The lowest BCUT2D eigenvalue weighted by Gasteiger charge is -2.26. The Hall–Kier alpha value is -1.29. The van der Waals surface area contributed by atoms with Gasteiger partial charge in [0, 0.05) is 30.9 Å². The maximum absolute atomic E-state index is 13.8. The van der Waals surface area contributed by atoms with Crippen molar-refractivity contribution >= 4 is 5.69 Å². The molecule has 4 heteroatoms. The van der Waals surface area contributed by atoms with Crippen LogP contribution in [0.4, 0.5) is 10.1 Å². The van der Waals surface area contributed by atoms with Gasteiger partial charge in [-0.2, -0.15) is 0 Å². The molecule has 0 amide bonds. The zero-order chi connectivity index (χ0) is 13.7. The molecule has 1 fully saturated rings. The van der Waals surface area contributed by atoms with Gasteiger partial charge in [-0.3, -0.25) is 0 Å². The first-order valence-corrected chi connectivity index (χ1v) is 7.06. The van der Waals surface area contributed by atoms with E-state index in [9.17, 15) is 4.39 Å². The summed E-state index contributed by atoms with van der Waals surface area (Å²) in [7, 11) is 1.49. The van der Waals surface area contributed by atoms with E-state index in [2.05, 4.69) is 17.1 Å². The molecule has 0 saturated carbocycles. The molecule has 0 aromatic heterocycles. The van der Waals surface area contributed by atoms with E-state index in [1.165, 1.54) is 13.5 Å². The smallest absolute Gasteiger partial charge is 0.167 e. The maximum Gasteiger partial charge on any atom is 0.167 e. The van der Waals surface area contributed by atoms with Crippen LogP contribution in [0.2, 0.25) is 0 Å². The molecule has 1 heterocycles.